The second-order valence-corrected chi connectivity index (χ2v) is 9.71. The molecule has 0 spiro atoms. The molecule has 0 amide bonds. The quantitative estimate of drug-likeness (QED) is 0.493. The number of nitrogens with one attached hydrogen (secondary N) is 1. The third kappa shape index (κ3) is 3.73. The van der Waals surface area contributed by atoms with Crippen LogP contribution in [-0.2, 0) is 0 Å². The van der Waals surface area contributed by atoms with Gasteiger partial charge < -0.3 is 14.8 Å². The van der Waals surface area contributed by atoms with E-state index < -0.39 is 0 Å². The molecule has 3 aromatic rings. The molecule has 0 unspecified atom stereocenters. The van der Waals surface area contributed by atoms with Crippen molar-refractivity contribution < 1.29 is 0 Å². The molecule has 0 bridgehead atoms. The molecule has 4 nitrogen and oxygen atoms in total. The highest BCUT2D eigenvalue weighted by molar-refractivity contribution is 7.80. The van der Waals surface area contributed by atoms with Crippen LogP contribution in [0, 0.1) is 20.8 Å². The van der Waals surface area contributed by atoms with Crippen molar-refractivity contribution in [1.29, 1.82) is 0 Å². The maximum Gasteiger partial charge on any atom is 0.170 e. The summed E-state index contributed by atoms with van der Waals surface area (Å²) in [7, 11) is 0. The highest BCUT2D eigenvalue weighted by Gasteiger charge is 2.44. The van der Waals surface area contributed by atoms with Gasteiger partial charge in [0.05, 0.1) is 17.8 Å². The smallest absolute Gasteiger partial charge is 0.170 e. The number of aromatic nitrogens is 2. The lowest BCUT2D eigenvalue weighted by Crippen LogP contribution is -2.40. The molecule has 5 heteroatoms. The normalized spacial score (nSPS) is 21.7. The van der Waals surface area contributed by atoms with Gasteiger partial charge in [-0.05, 0) is 81.7 Å². The molecule has 2 fully saturated rings. The highest BCUT2D eigenvalue weighted by Crippen LogP contribution is 2.44. The van der Waals surface area contributed by atoms with Crippen LogP contribution in [0.15, 0.2) is 54.7 Å². The van der Waals surface area contributed by atoms with Gasteiger partial charge in [-0.2, -0.15) is 0 Å². The average Bonchev–Trinajstić information content (AvgIpc) is 3.31. The topological polar surface area (TPSA) is 33.1 Å². The van der Waals surface area contributed by atoms with Crippen LogP contribution in [0.1, 0.15) is 72.4 Å². The highest BCUT2D eigenvalue weighted by atomic mass is 32.1. The van der Waals surface area contributed by atoms with Crippen molar-refractivity contribution in [3.63, 3.8) is 0 Å². The van der Waals surface area contributed by atoms with Gasteiger partial charge in [-0.3, -0.25) is 4.98 Å². The van der Waals surface area contributed by atoms with Gasteiger partial charge in [-0.25, -0.2) is 0 Å². The molecule has 2 aromatic heterocycles. The van der Waals surface area contributed by atoms with Crippen LogP contribution < -0.4 is 5.32 Å². The lowest BCUT2D eigenvalue weighted by molar-refractivity contribution is 0.197. The molecule has 1 saturated heterocycles. The second-order valence-electron chi connectivity index (χ2n) is 9.32. The van der Waals surface area contributed by atoms with E-state index in [-0.39, 0.29) is 12.1 Å². The molecule has 166 valence electrons. The molecule has 2 aliphatic rings. The number of hydrogen-bond acceptors (Lipinski definition) is 2. The molecule has 1 aliphatic heterocycles. The van der Waals surface area contributed by atoms with Gasteiger partial charge in [0.25, 0.3) is 0 Å². The summed E-state index contributed by atoms with van der Waals surface area (Å²) in [6, 6.07) is 18.0. The Morgan fingerprint density at radius 1 is 0.969 bits per heavy atom. The molecule has 1 saturated carbocycles. The van der Waals surface area contributed by atoms with Gasteiger partial charge in [0.15, 0.2) is 5.11 Å². The van der Waals surface area contributed by atoms with Crippen molar-refractivity contribution in [2.24, 2.45) is 0 Å². The third-order valence-electron chi connectivity index (χ3n) is 7.18. The van der Waals surface area contributed by atoms with Gasteiger partial charge >= 0.3 is 0 Å². The summed E-state index contributed by atoms with van der Waals surface area (Å²) in [5.41, 5.74) is 7.42. The zero-order valence-corrected chi connectivity index (χ0v) is 20.0. The first kappa shape index (κ1) is 21.2. The Morgan fingerprint density at radius 3 is 2.41 bits per heavy atom. The summed E-state index contributed by atoms with van der Waals surface area (Å²) >= 11 is 5.95. The molecule has 1 N–H and O–H groups in total. The first-order chi connectivity index (χ1) is 15.5. The lowest BCUT2D eigenvalue weighted by Gasteiger charge is -2.37. The van der Waals surface area contributed by atoms with Crippen LogP contribution in [0.5, 0.6) is 0 Å². The Labute approximate surface area is 196 Å². The van der Waals surface area contributed by atoms with Crippen molar-refractivity contribution in [3.05, 3.63) is 82.9 Å². The standard InChI is InChI=1S/C27H32N4S/c1-18-12-14-22(15-13-18)30-19(2)17-23(20(30)3)26-25(24-11-7-8-16-28-24)29-27(32)31(26)21-9-5-4-6-10-21/h7-8,11-17,21,25-26H,4-6,9-10H2,1-3H3,(H,29,32)/t25-,26-/m0/s1. The largest absolute Gasteiger partial charge is 0.352 e. The zero-order chi connectivity index (χ0) is 22.2. The molecule has 5 rings (SSSR count). The first-order valence-electron chi connectivity index (χ1n) is 11.8. The molecule has 32 heavy (non-hydrogen) atoms. The van der Waals surface area contributed by atoms with Crippen molar-refractivity contribution >= 4 is 17.3 Å². The molecule has 3 heterocycles. The van der Waals surface area contributed by atoms with Gasteiger partial charge in [-0.15, -0.1) is 0 Å². The van der Waals surface area contributed by atoms with Gasteiger partial charge in [0, 0.05) is 29.3 Å². The summed E-state index contributed by atoms with van der Waals surface area (Å²) in [6.45, 7) is 6.59. The fraction of sp³-hybridized carbons (Fsp3) is 0.407. The van der Waals surface area contributed by atoms with Crippen molar-refractivity contribution in [2.75, 3.05) is 0 Å². The van der Waals surface area contributed by atoms with E-state index in [1.165, 1.54) is 60.3 Å². The van der Waals surface area contributed by atoms with Crippen LogP contribution >= 0.6 is 12.2 Å². The van der Waals surface area contributed by atoms with E-state index in [0.717, 1.165) is 10.8 Å². The van der Waals surface area contributed by atoms with E-state index >= 15 is 0 Å². The Bertz CT molecular complexity index is 1100. The third-order valence-corrected chi connectivity index (χ3v) is 7.51. The van der Waals surface area contributed by atoms with Crippen LogP contribution in [0.3, 0.4) is 0 Å². The monoisotopic (exact) mass is 444 g/mol. The Balaban J connectivity index is 1.62. The molecule has 1 aliphatic carbocycles. The minimum absolute atomic E-state index is 0.0533. The summed E-state index contributed by atoms with van der Waals surface area (Å²) in [5.74, 6) is 0. The number of hydrogen-bond donors (Lipinski definition) is 1. The fourth-order valence-corrected chi connectivity index (χ4v) is 6.02. The maximum absolute atomic E-state index is 5.95. The predicted molar refractivity (Wildman–Crippen MR) is 134 cm³/mol. The number of rotatable bonds is 4. The van der Waals surface area contributed by atoms with E-state index in [4.69, 9.17) is 17.2 Å². The summed E-state index contributed by atoms with van der Waals surface area (Å²) in [6.07, 6.45) is 8.21. The van der Waals surface area contributed by atoms with Gasteiger partial charge in [0.1, 0.15) is 0 Å². The number of thiocarbonyl (C=S) groups is 1. The number of aryl methyl sites for hydroxylation is 2. The Morgan fingerprint density at radius 2 is 1.72 bits per heavy atom. The van der Waals surface area contributed by atoms with Crippen LogP contribution in [0.25, 0.3) is 5.69 Å². The van der Waals surface area contributed by atoms with Gasteiger partial charge in [0.2, 0.25) is 0 Å². The molecule has 1 aromatic carbocycles. The van der Waals surface area contributed by atoms with Crippen molar-refractivity contribution in [1.82, 2.24) is 19.8 Å². The number of nitrogens with zero attached hydrogens (tertiary/aromatic N) is 3. The van der Waals surface area contributed by atoms with Crippen LogP contribution in [0.2, 0.25) is 0 Å². The van der Waals surface area contributed by atoms with E-state index in [9.17, 15) is 0 Å². The minimum atomic E-state index is 0.0533. The Kier molecular flexibility index (Phi) is 5.76. The summed E-state index contributed by atoms with van der Waals surface area (Å²) in [4.78, 5) is 7.23. The maximum atomic E-state index is 5.95. The summed E-state index contributed by atoms with van der Waals surface area (Å²) in [5, 5.41) is 4.53. The first-order valence-corrected chi connectivity index (χ1v) is 12.2. The second kappa shape index (κ2) is 8.70. The summed E-state index contributed by atoms with van der Waals surface area (Å²) < 4.78 is 2.38. The molecule has 2 atom stereocenters. The van der Waals surface area contributed by atoms with Crippen molar-refractivity contribution in [3.8, 4) is 5.69 Å². The molecule has 0 radical (unpaired) electrons. The van der Waals surface area contributed by atoms with E-state index in [2.05, 4.69) is 78.0 Å². The predicted octanol–water partition coefficient (Wildman–Crippen LogP) is 6.10. The zero-order valence-electron chi connectivity index (χ0n) is 19.2. The van der Waals surface area contributed by atoms with E-state index in [1.54, 1.807) is 0 Å². The average molecular weight is 445 g/mol. The SMILES string of the molecule is Cc1ccc(-n2c(C)cc([C@H]3[C@H](c4ccccn4)NC(=S)N3C3CCCCC3)c2C)cc1. The van der Waals surface area contributed by atoms with Gasteiger partial charge in [-0.1, -0.05) is 43.0 Å². The molecular weight excluding hydrogens is 412 g/mol. The fourth-order valence-electron chi connectivity index (χ4n) is 5.63. The minimum Gasteiger partial charge on any atom is -0.352 e. The van der Waals surface area contributed by atoms with Crippen LogP contribution in [0.4, 0.5) is 0 Å². The van der Waals surface area contributed by atoms with E-state index in [0.29, 0.717) is 6.04 Å². The number of pyridine rings is 1. The lowest BCUT2D eigenvalue weighted by atomic mass is 9.90. The van der Waals surface area contributed by atoms with E-state index in [1.807, 2.05) is 12.3 Å². The van der Waals surface area contributed by atoms with Crippen molar-refractivity contribution in [2.45, 2.75) is 71.0 Å². The number of benzene rings is 1. The Hall–Kier alpha value is -2.66. The van der Waals surface area contributed by atoms with Crippen LogP contribution in [-0.4, -0.2) is 25.6 Å². The molecular formula is C27H32N4S.